The molecule has 1 aromatic heterocycles. The lowest BCUT2D eigenvalue weighted by Crippen LogP contribution is -2.44. The van der Waals surface area contributed by atoms with Gasteiger partial charge in [0, 0.05) is 32.4 Å². The van der Waals surface area contributed by atoms with Gasteiger partial charge in [0.25, 0.3) is 0 Å². The van der Waals surface area contributed by atoms with E-state index in [4.69, 9.17) is 14.0 Å². The van der Waals surface area contributed by atoms with Gasteiger partial charge >= 0.3 is 0 Å². The van der Waals surface area contributed by atoms with Gasteiger partial charge in [-0.15, -0.1) is 0 Å². The Balaban J connectivity index is 1.50. The third kappa shape index (κ3) is 3.19. The fraction of sp³-hybridized carbons (Fsp3) is 0.857. The van der Waals surface area contributed by atoms with E-state index in [0.717, 1.165) is 57.9 Å². The molecule has 0 saturated carbocycles. The molecule has 20 heavy (non-hydrogen) atoms. The van der Waals surface area contributed by atoms with Crippen LogP contribution in [0, 0.1) is 5.92 Å². The number of ether oxygens (including phenoxy) is 2. The largest absolute Gasteiger partial charge is 0.347 e. The van der Waals surface area contributed by atoms with Crippen LogP contribution in [0.4, 0.5) is 0 Å². The second-order valence-electron chi connectivity index (χ2n) is 6.09. The van der Waals surface area contributed by atoms with E-state index < -0.39 is 0 Å². The molecule has 6 nitrogen and oxygen atoms in total. The van der Waals surface area contributed by atoms with Crippen molar-refractivity contribution in [1.82, 2.24) is 15.0 Å². The van der Waals surface area contributed by atoms with Crippen molar-refractivity contribution in [3.05, 3.63) is 11.7 Å². The molecule has 0 radical (unpaired) electrons. The summed E-state index contributed by atoms with van der Waals surface area (Å²) in [5.74, 6) is 1.76. The summed E-state index contributed by atoms with van der Waals surface area (Å²) in [6.45, 7) is 8.37. The molecule has 0 N–H and O–H groups in total. The highest BCUT2D eigenvalue weighted by Gasteiger charge is 2.39. The highest BCUT2D eigenvalue weighted by Crippen LogP contribution is 2.31. The average molecular weight is 281 g/mol. The Kier molecular flexibility index (Phi) is 4.05. The zero-order valence-corrected chi connectivity index (χ0v) is 12.3. The summed E-state index contributed by atoms with van der Waals surface area (Å²) < 4.78 is 16.8. The lowest BCUT2D eigenvalue weighted by molar-refractivity contribution is -0.186. The summed E-state index contributed by atoms with van der Waals surface area (Å²) in [5.41, 5.74) is 0. The van der Waals surface area contributed by atoms with Crippen LogP contribution in [0.2, 0.25) is 0 Å². The van der Waals surface area contributed by atoms with E-state index in [1.807, 2.05) is 0 Å². The molecular formula is C14H23N3O3. The molecule has 2 fully saturated rings. The molecular weight excluding hydrogens is 258 g/mol. The van der Waals surface area contributed by atoms with Crippen molar-refractivity contribution in [3.8, 4) is 0 Å². The van der Waals surface area contributed by atoms with Crippen LogP contribution < -0.4 is 0 Å². The minimum absolute atomic E-state index is 0.311. The third-order valence-corrected chi connectivity index (χ3v) is 3.89. The molecule has 3 heterocycles. The summed E-state index contributed by atoms with van der Waals surface area (Å²) >= 11 is 0. The Morgan fingerprint density at radius 1 is 1.20 bits per heavy atom. The van der Waals surface area contributed by atoms with Crippen molar-refractivity contribution in [3.63, 3.8) is 0 Å². The molecule has 3 rings (SSSR count). The number of hydrogen-bond donors (Lipinski definition) is 0. The first kappa shape index (κ1) is 14.0. The Bertz CT molecular complexity index is 431. The van der Waals surface area contributed by atoms with Crippen LogP contribution in [-0.4, -0.2) is 47.1 Å². The van der Waals surface area contributed by atoms with Gasteiger partial charge in [0.1, 0.15) is 0 Å². The lowest BCUT2D eigenvalue weighted by Gasteiger charge is -2.36. The predicted molar refractivity (Wildman–Crippen MR) is 72.0 cm³/mol. The molecule has 0 aliphatic carbocycles. The molecule has 0 unspecified atom stereocenters. The zero-order chi connectivity index (χ0) is 14.0. The summed E-state index contributed by atoms with van der Waals surface area (Å²) in [6.07, 6.45) is 2.70. The fourth-order valence-electron chi connectivity index (χ4n) is 2.83. The molecule has 0 bridgehead atoms. The number of likely N-dealkylation sites (tertiary alicyclic amines) is 1. The van der Waals surface area contributed by atoms with Crippen LogP contribution in [-0.2, 0) is 22.4 Å². The number of aromatic nitrogens is 2. The monoisotopic (exact) mass is 281 g/mol. The molecule has 6 heteroatoms. The van der Waals surface area contributed by atoms with Gasteiger partial charge in [-0.3, -0.25) is 4.90 Å². The summed E-state index contributed by atoms with van der Waals surface area (Å²) in [6, 6.07) is 0. The van der Waals surface area contributed by atoms with Crippen molar-refractivity contribution >= 4 is 0 Å². The maximum atomic E-state index is 5.73. The lowest BCUT2D eigenvalue weighted by atomic mass is 10.0. The van der Waals surface area contributed by atoms with E-state index in [0.29, 0.717) is 11.8 Å². The maximum absolute atomic E-state index is 5.73. The van der Waals surface area contributed by atoms with Gasteiger partial charge < -0.3 is 14.0 Å². The Morgan fingerprint density at radius 2 is 1.90 bits per heavy atom. The van der Waals surface area contributed by atoms with Gasteiger partial charge in [0.05, 0.1) is 19.8 Å². The number of rotatable bonds is 4. The van der Waals surface area contributed by atoms with E-state index in [2.05, 4.69) is 28.9 Å². The Morgan fingerprint density at radius 3 is 2.55 bits per heavy atom. The van der Waals surface area contributed by atoms with E-state index in [9.17, 15) is 0 Å². The SMILES string of the molecule is CC(C)Cc1noc(CN2CCC3(CC2)OCCO3)n1. The van der Waals surface area contributed by atoms with Crippen molar-refractivity contribution in [2.24, 2.45) is 5.92 Å². The first-order chi connectivity index (χ1) is 9.65. The van der Waals surface area contributed by atoms with E-state index in [1.165, 1.54) is 0 Å². The molecule has 2 aliphatic rings. The molecule has 2 aliphatic heterocycles. The van der Waals surface area contributed by atoms with Crippen LogP contribution in [0.1, 0.15) is 38.4 Å². The fourth-order valence-corrected chi connectivity index (χ4v) is 2.83. The molecule has 1 spiro atoms. The molecule has 1 aromatic rings. The van der Waals surface area contributed by atoms with Crippen molar-refractivity contribution in [2.45, 2.75) is 45.4 Å². The van der Waals surface area contributed by atoms with Gasteiger partial charge in [0.15, 0.2) is 11.6 Å². The van der Waals surface area contributed by atoms with Gasteiger partial charge in [-0.1, -0.05) is 19.0 Å². The molecule has 0 atom stereocenters. The molecule has 0 aromatic carbocycles. The van der Waals surface area contributed by atoms with E-state index in [-0.39, 0.29) is 5.79 Å². The van der Waals surface area contributed by atoms with Crippen LogP contribution in [0.15, 0.2) is 4.52 Å². The number of hydrogen-bond acceptors (Lipinski definition) is 6. The quantitative estimate of drug-likeness (QED) is 0.835. The van der Waals surface area contributed by atoms with E-state index >= 15 is 0 Å². The van der Waals surface area contributed by atoms with Gasteiger partial charge in [-0.25, -0.2) is 0 Å². The number of nitrogens with zero attached hydrogens (tertiary/aromatic N) is 3. The first-order valence-corrected chi connectivity index (χ1v) is 7.47. The summed E-state index contributed by atoms with van der Waals surface area (Å²) in [5, 5.41) is 4.03. The minimum Gasteiger partial charge on any atom is -0.347 e. The van der Waals surface area contributed by atoms with Crippen LogP contribution in [0.5, 0.6) is 0 Å². The highest BCUT2D eigenvalue weighted by atomic mass is 16.7. The zero-order valence-electron chi connectivity index (χ0n) is 12.3. The summed E-state index contributed by atoms with van der Waals surface area (Å²) in [7, 11) is 0. The topological polar surface area (TPSA) is 60.6 Å². The standard InChI is InChI=1S/C14H23N3O3/c1-11(2)9-12-15-13(20-16-12)10-17-5-3-14(4-6-17)18-7-8-19-14/h11H,3-10H2,1-2H3. The van der Waals surface area contributed by atoms with Crippen molar-refractivity contribution in [2.75, 3.05) is 26.3 Å². The van der Waals surface area contributed by atoms with E-state index in [1.54, 1.807) is 0 Å². The third-order valence-electron chi connectivity index (χ3n) is 3.89. The normalized spacial score (nSPS) is 22.9. The highest BCUT2D eigenvalue weighted by molar-refractivity contribution is 4.89. The maximum Gasteiger partial charge on any atom is 0.240 e. The second-order valence-corrected chi connectivity index (χ2v) is 6.09. The Hall–Kier alpha value is -0.980. The predicted octanol–water partition coefficient (Wildman–Crippen LogP) is 1.61. The van der Waals surface area contributed by atoms with Crippen LogP contribution >= 0.6 is 0 Å². The second kappa shape index (κ2) is 5.79. The van der Waals surface area contributed by atoms with Gasteiger partial charge in [-0.2, -0.15) is 4.98 Å². The minimum atomic E-state index is -0.311. The summed E-state index contributed by atoms with van der Waals surface area (Å²) in [4.78, 5) is 6.77. The smallest absolute Gasteiger partial charge is 0.240 e. The average Bonchev–Trinajstić information content (AvgIpc) is 3.02. The number of piperidine rings is 1. The first-order valence-electron chi connectivity index (χ1n) is 7.47. The molecule has 2 saturated heterocycles. The molecule has 0 amide bonds. The van der Waals surface area contributed by atoms with Gasteiger partial charge in [-0.05, 0) is 5.92 Å². The van der Waals surface area contributed by atoms with Crippen LogP contribution in [0.3, 0.4) is 0 Å². The molecule has 112 valence electrons. The Labute approximate surface area is 119 Å². The van der Waals surface area contributed by atoms with Crippen molar-refractivity contribution in [1.29, 1.82) is 0 Å². The van der Waals surface area contributed by atoms with Crippen LogP contribution in [0.25, 0.3) is 0 Å². The van der Waals surface area contributed by atoms with Gasteiger partial charge in [0.2, 0.25) is 5.89 Å². The van der Waals surface area contributed by atoms with Crippen molar-refractivity contribution < 1.29 is 14.0 Å².